The van der Waals surface area contributed by atoms with Crippen LogP contribution in [0.2, 0.25) is 0 Å². The molecular formula is C62H45N3. The summed E-state index contributed by atoms with van der Waals surface area (Å²) in [6.07, 6.45) is 5.45. The van der Waals surface area contributed by atoms with Crippen molar-refractivity contribution in [1.82, 2.24) is 5.32 Å². The number of benzene rings is 10. The van der Waals surface area contributed by atoms with E-state index in [9.17, 15) is 0 Å². The van der Waals surface area contributed by atoms with Crippen molar-refractivity contribution in [2.75, 3.05) is 0 Å². The quantitative estimate of drug-likeness (QED) is 0.160. The number of nitrogens with zero attached hydrogens (tertiary/aromatic N) is 2. The summed E-state index contributed by atoms with van der Waals surface area (Å²) in [5.74, 6) is 1.50. The Balaban J connectivity index is 0.920. The van der Waals surface area contributed by atoms with E-state index in [0.717, 1.165) is 34.5 Å². The highest BCUT2D eigenvalue weighted by Gasteiger charge is 2.30. The maximum Gasteiger partial charge on any atom is 0.159 e. The largest absolute Gasteiger partial charge is 0.344 e. The number of fused-ring (bicyclic) bond motifs is 7. The van der Waals surface area contributed by atoms with E-state index in [4.69, 9.17) is 9.98 Å². The molecule has 0 aromatic heterocycles. The fourth-order valence-electron chi connectivity index (χ4n) is 10.2. The third kappa shape index (κ3) is 6.93. The van der Waals surface area contributed by atoms with E-state index >= 15 is 0 Å². The van der Waals surface area contributed by atoms with Crippen molar-refractivity contribution in [3.63, 3.8) is 0 Å². The van der Waals surface area contributed by atoms with Crippen molar-refractivity contribution < 1.29 is 0 Å². The summed E-state index contributed by atoms with van der Waals surface area (Å²) in [6, 6.07) is 78.7. The van der Waals surface area contributed by atoms with Crippen molar-refractivity contribution in [3.05, 3.63) is 258 Å². The monoisotopic (exact) mass is 831 g/mol. The van der Waals surface area contributed by atoms with Gasteiger partial charge in [0.15, 0.2) is 5.84 Å². The Hall–Kier alpha value is -8.14. The van der Waals surface area contributed by atoms with E-state index in [1.807, 2.05) is 12.1 Å². The molecule has 0 amide bonds. The van der Waals surface area contributed by atoms with Gasteiger partial charge in [-0.05, 0) is 100 Å². The van der Waals surface area contributed by atoms with E-state index in [1.165, 1.54) is 76.8 Å². The van der Waals surface area contributed by atoms with Gasteiger partial charge in [-0.15, -0.1) is 0 Å². The van der Waals surface area contributed by atoms with Crippen molar-refractivity contribution >= 4 is 50.1 Å². The first kappa shape index (κ1) is 38.5. The maximum absolute atomic E-state index is 5.25. The smallest absolute Gasteiger partial charge is 0.159 e. The minimum Gasteiger partial charge on any atom is -0.344 e. The van der Waals surface area contributed by atoms with Gasteiger partial charge in [0, 0.05) is 16.5 Å². The minimum atomic E-state index is -0.293. The summed E-state index contributed by atoms with van der Waals surface area (Å²) in [5, 5.41) is 11.4. The first-order valence-corrected chi connectivity index (χ1v) is 22.6. The van der Waals surface area contributed by atoms with Crippen molar-refractivity contribution in [2.45, 2.75) is 24.9 Å². The van der Waals surface area contributed by atoms with E-state index in [1.54, 1.807) is 0 Å². The fourth-order valence-corrected chi connectivity index (χ4v) is 10.2. The standard InChI is InChI=1S/C62H45N3/c1-62(38-37-56-54-25-11-10-23-52(54)53-24-12-13-26-55(53)57(56)40-62)49-34-31-44(32-35-49)58-50-22-9-8-17-43(50)33-36-51(58)47-20-14-21-48(39-47)61-64-59(45-18-6-3-7-19-45)63-60(65-61)46-29-27-42(28-30-46)41-15-4-2-5-16-41/h2-39,59H,40H2,1H3,(H,63,64,65). The predicted molar refractivity (Wildman–Crippen MR) is 274 cm³/mol. The van der Waals surface area contributed by atoms with Gasteiger partial charge in [-0.2, -0.15) is 0 Å². The molecule has 3 nitrogen and oxygen atoms in total. The van der Waals surface area contributed by atoms with Crippen LogP contribution in [0.1, 0.15) is 46.5 Å². The van der Waals surface area contributed by atoms with Gasteiger partial charge in [-0.3, -0.25) is 0 Å². The Labute approximate surface area is 379 Å². The lowest BCUT2D eigenvalue weighted by molar-refractivity contribution is 0.590. The van der Waals surface area contributed by atoms with Gasteiger partial charge in [0.05, 0.1) is 0 Å². The number of aliphatic imine (C=N–C) groups is 2. The highest BCUT2D eigenvalue weighted by molar-refractivity contribution is 6.15. The Morgan fingerprint density at radius 2 is 1.06 bits per heavy atom. The van der Waals surface area contributed by atoms with Gasteiger partial charge in [0.1, 0.15) is 12.0 Å². The molecule has 0 saturated carbocycles. The molecule has 1 aliphatic carbocycles. The molecule has 0 fully saturated rings. The molecule has 10 aromatic carbocycles. The maximum atomic E-state index is 5.25. The van der Waals surface area contributed by atoms with Crippen molar-refractivity contribution in [1.29, 1.82) is 0 Å². The Kier molecular flexibility index (Phi) is 9.42. The van der Waals surface area contributed by atoms with Crippen LogP contribution in [-0.2, 0) is 11.8 Å². The molecule has 0 bridgehead atoms. The molecule has 12 rings (SSSR count). The lowest BCUT2D eigenvalue weighted by Gasteiger charge is -2.33. The number of amidine groups is 2. The highest BCUT2D eigenvalue weighted by atomic mass is 15.2. The fraction of sp³-hybridized carbons (Fsp3) is 0.0645. The predicted octanol–water partition coefficient (Wildman–Crippen LogP) is 15.2. The summed E-state index contributed by atoms with van der Waals surface area (Å²) in [4.78, 5) is 10.5. The topological polar surface area (TPSA) is 36.8 Å². The van der Waals surface area contributed by atoms with Crippen LogP contribution in [-0.4, -0.2) is 11.7 Å². The van der Waals surface area contributed by atoms with Crippen LogP contribution in [0.3, 0.4) is 0 Å². The van der Waals surface area contributed by atoms with Crippen LogP contribution < -0.4 is 5.32 Å². The Morgan fingerprint density at radius 1 is 0.477 bits per heavy atom. The van der Waals surface area contributed by atoms with Crippen LogP contribution in [0.4, 0.5) is 0 Å². The van der Waals surface area contributed by atoms with Gasteiger partial charge in [-0.25, -0.2) is 9.98 Å². The molecule has 10 aromatic rings. The third-order valence-electron chi connectivity index (χ3n) is 13.6. The summed E-state index contributed by atoms with van der Waals surface area (Å²) in [7, 11) is 0. The number of hydrogen-bond donors (Lipinski definition) is 1. The molecule has 0 radical (unpaired) electrons. The van der Waals surface area contributed by atoms with Gasteiger partial charge in [0.25, 0.3) is 0 Å². The zero-order valence-corrected chi connectivity index (χ0v) is 36.1. The second-order valence-electron chi connectivity index (χ2n) is 17.6. The summed E-state index contributed by atoms with van der Waals surface area (Å²) >= 11 is 0. The molecule has 0 saturated heterocycles. The summed E-state index contributed by atoms with van der Waals surface area (Å²) < 4.78 is 0. The van der Waals surface area contributed by atoms with Crippen LogP contribution in [0.15, 0.2) is 234 Å². The van der Waals surface area contributed by atoms with Crippen LogP contribution in [0, 0.1) is 0 Å². The molecule has 1 heterocycles. The molecular weight excluding hydrogens is 787 g/mol. The van der Waals surface area contributed by atoms with E-state index in [-0.39, 0.29) is 11.6 Å². The first-order valence-electron chi connectivity index (χ1n) is 22.6. The lowest BCUT2D eigenvalue weighted by Crippen LogP contribution is -2.33. The van der Waals surface area contributed by atoms with E-state index in [0.29, 0.717) is 5.84 Å². The van der Waals surface area contributed by atoms with Gasteiger partial charge in [-0.1, -0.05) is 231 Å². The molecule has 3 heteroatoms. The molecule has 1 aliphatic heterocycles. The summed E-state index contributed by atoms with van der Waals surface area (Å²) in [5.41, 5.74) is 14.0. The summed E-state index contributed by atoms with van der Waals surface area (Å²) in [6.45, 7) is 2.39. The zero-order chi connectivity index (χ0) is 43.3. The highest BCUT2D eigenvalue weighted by Crippen LogP contribution is 2.44. The second kappa shape index (κ2) is 15.9. The second-order valence-corrected chi connectivity index (χ2v) is 17.6. The normalized spacial score (nSPS) is 16.8. The molecule has 0 spiro atoms. The average Bonchev–Trinajstić information content (AvgIpc) is 3.39. The van der Waals surface area contributed by atoms with Crippen molar-refractivity contribution in [2.24, 2.45) is 9.98 Å². The van der Waals surface area contributed by atoms with Crippen LogP contribution in [0.5, 0.6) is 0 Å². The van der Waals surface area contributed by atoms with E-state index < -0.39 is 0 Å². The third-order valence-corrected chi connectivity index (χ3v) is 13.6. The minimum absolute atomic E-state index is 0.164. The SMILES string of the molecule is CC1(c2ccc(-c3c(-c4cccc(C5=NC(c6ccccc6)NC(c6ccc(-c7ccccc7)cc6)=N5)c4)ccc4ccccc34)cc2)C=Cc2c(c3ccccc3c3ccccc23)C1. The van der Waals surface area contributed by atoms with Crippen LogP contribution in [0.25, 0.3) is 71.8 Å². The molecule has 2 aliphatic rings. The van der Waals surface area contributed by atoms with E-state index in [2.05, 4.69) is 231 Å². The van der Waals surface area contributed by atoms with Crippen LogP contribution >= 0.6 is 0 Å². The molecule has 308 valence electrons. The molecule has 2 unspecified atom stereocenters. The molecule has 1 N–H and O–H groups in total. The Morgan fingerprint density at radius 3 is 1.83 bits per heavy atom. The zero-order valence-electron chi connectivity index (χ0n) is 36.1. The number of rotatable bonds is 7. The van der Waals surface area contributed by atoms with Crippen molar-refractivity contribution in [3.8, 4) is 33.4 Å². The first-order chi connectivity index (χ1) is 32.1. The number of hydrogen-bond acceptors (Lipinski definition) is 3. The van der Waals surface area contributed by atoms with Gasteiger partial charge >= 0.3 is 0 Å². The average molecular weight is 832 g/mol. The Bertz CT molecular complexity index is 3530. The van der Waals surface area contributed by atoms with Gasteiger partial charge < -0.3 is 5.32 Å². The molecule has 2 atom stereocenters. The van der Waals surface area contributed by atoms with Gasteiger partial charge in [0.2, 0.25) is 0 Å². The number of nitrogens with one attached hydrogen (secondary N) is 1. The molecule has 65 heavy (non-hydrogen) atoms. The lowest BCUT2D eigenvalue weighted by atomic mass is 9.71. The number of allylic oxidation sites excluding steroid dienone is 1.